The van der Waals surface area contributed by atoms with Crippen LogP contribution in [-0.2, 0) is 38.4 Å². The van der Waals surface area contributed by atoms with E-state index in [0.717, 1.165) is 141 Å². The number of carbonyl (C=O) groups excluding carboxylic acids is 9. The molecule has 6 saturated heterocycles. The minimum atomic E-state index is -0.665. The lowest BCUT2D eigenvalue weighted by Gasteiger charge is -2.37. The fourth-order valence-electron chi connectivity index (χ4n) is 13.1. The van der Waals surface area contributed by atoms with Crippen molar-refractivity contribution in [2.45, 2.75) is 203 Å². The Balaban J connectivity index is 0.765. The normalized spacial score (nSPS) is 20.2. The fraction of sp³-hybridized carbons (Fsp3) is 0.812. The third-order valence-corrected chi connectivity index (χ3v) is 20.4. The summed E-state index contributed by atoms with van der Waals surface area (Å²) < 4.78 is 0. The van der Waals surface area contributed by atoms with Crippen LogP contribution < -0.4 is 47.9 Å². The van der Waals surface area contributed by atoms with E-state index in [4.69, 9.17) is 26.4 Å². The standard InChI is InChI=1S/C64H110N18O9S/c1-75-43-56(87)81(45-54(75)85)49(25-17-20-30-65)59(89)67-32-22-13-9-5-3-7-11-15-28-52(83)77-35-39-79(40-36-77)62-72-61(69-34-24-19-27-51-58-48(47-92-51)70-64(91)71-58)73-63(74-62)80-41-37-78(38-42-80)53(84)29-16-12-8-4-6-10-14-23-33-68-60(90)50(26-18-21-31-66)82-46-55(86)76(2)44-57(82)88/h48-51,58H,3-47,65-66H2,1-2H3,(H,67,89)(H,68,90)(H2,70,71,91)(H,69,72,73,74)/t48-,49-,50-,51-,58-/m0/s1. The van der Waals surface area contributed by atoms with E-state index in [1.807, 2.05) is 21.6 Å². The van der Waals surface area contributed by atoms with Crippen LogP contribution in [0.3, 0.4) is 0 Å². The number of aromatic nitrogens is 3. The molecule has 0 radical (unpaired) electrons. The van der Waals surface area contributed by atoms with Crippen molar-refractivity contribution in [1.29, 1.82) is 0 Å². The van der Waals surface area contributed by atoms with Crippen LogP contribution in [0.5, 0.6) is 0 Å². The maximum atomic E-state index is 13.4. The number of nitrogens with one attached hydrogen (secondary N) is 5. The number of hydrogen-bond acceptors (Lipinski definition) is 18. The predicted molar refractivity (Wildman–Crippen MR) is 356 cm³/mol. The zero-order valence-electron chi connectivity index (χ0n) is 55.4. The highest BCUT2D eigenvalue weighted by Gasteiger charge is 2.43. The second-order valence-electron chi connectivity index (χ2n) is 25.9. The molecule has 0 aromatic carbocycles. The summed E-state index contributed by atoms with van der Waals surface area (Å²) in [6.07, 6.45) is 23.8. The number of likely N-dealkylation sites (N-methyl/N-ethyl adjacent to an activating group) is 2. The number of piperazine rings is 4. The highest BCUT2D eigenvalue weighted by molar-refractivity contribution is 8.00. The van der Waals surface area contributed by atoms with Gasteiger partial charge in [0.2, 0.25) is 65.1 Å². The number of amides is 10. The van der Waals surface area contributed by atoms with E-state index in [2.05, 4.69) is 36.4 Å². The molecular formula is C64H110N18O9S. The monoisotopic (exact) mass is 1310 g/mol. The lowest BCUT2D eigenvalue weighted by molar-refractivity contribution is -0.153. The number of nitrogens with zero attached hydrogens (tertiary/aromatic N) is 11. The maximum absolute atomic E-state index is 13.4. The Kier molecular flexibility index (Phi) is 31.3. The molecule has 10 amide bonds. The lowest BCUT2D eigenvalue weighted by Crippen LogP contribution is -2.59. The highest BCUT2D eigenvalue weighted by Crippen LogP contribution is 2.33. The number of nitrogens with two attached hydrogens (primary N) is 2. The molecule has 28 heteroatoms. The molecule has 516 valence electrons. The topological polar surface area (TPSA) is 330 Å². The van der Waals surface area contributed by atoms with Gasteiger partial charge in [-0.25, -0.2) is 4.79 Å². The molecule has 6 fully saturated rings. The second-order valence-corrected chi connectivity index (χ2v) is 27.2. The van der Waals surface area contributed by atoms with E-state index in [-0.39, 0.29) is 91.6 Å². The van der Waals surface area contributed by atoms with Crippen LogP contribution in [0.25, 0.3) is 0 Å². The summed E-state index contributed by atoms with van der Waals surface area (Å²) in [5, 5.41) is 16.0. The predicted octanol–water partition coefficient (Wildman–Crippen LogP) is 2.77. The van der Waals surface area contributed by atoms with Crippen molar-refractivity contribution in [2.75, 3.05) is 146 Å². The van der Waals surface area contributed by atoms with Crippen LogP contribution in [0.15, 0.2) is 0 Å². The smallest absolute Gasteiger partial charge is 0.315 e. The zero-order chi connectivity index (χ0) is 65.6. The minimum absolute atomic E-state index is 0.0151. The average Bonchev–Trinajstić information content (AvgIpc) is 1.35. The van der Waals surface area contributed by atoms with E-state index in [0.29, 0.717) is 147 Å². The van der Waals surface area contributed by atoms with Crippen molar-refractivity contribution in [1.82, 2.24) is 65.6 Å². The Morgan fingerprint density at radius 1 is 0.500 bits per heavy atom. The number of thioether (sulfide) groups is 1. The van der Waals surface area contributed by atoms with E-state index in [1.165, 1.54) is 19.6 Å². The van der Waals surface area contributed by atoms with E-state index in [9.17, 15) is 43.2 Å². The van der Waals surface area contributed by atoms with Gasteiger partial charge < -0.3 is 77.3 Å². The Labute approximate surface area is 549 Å². The molecule has 6 aliphatic heterocycles. The van der Waals surface area contributed by atoms with Crippen molar-refractivity contribution in [3.63, 3.8) is 0 Å². The number of anilines is 3. The van der Waals surface area contributed by atoms with Gasteiger partial charge in [0.15, 0.2) is 0 Å². The Bertz CT molecular complexity index is 2400. The number of carbonyl (C=O) groups is 9. The summed E-state index contributed by atoms with van der Waals surface area (Å²) in [7, 11) is 3.20. The van der Waals surface area contributed by atoms with Crippen LogP contribution in [0.2, 0.25) is 0 Å². The Morgan fingerprint density at radius 2 is 0.924 bits per heavy atom. The first-order valence-corrected chi connectivity index (χ1v) is 35.9. The van der Waals surface area contributed by atoms with Gasteiger partial charge in [0.25, 0.3) is 0 Å². The van der Waals surface area contributed by atoms with Crippen molar-refractivity contribution in [2.24, 2.45) is 11.5 Å². The van der Waals surface area contributed by atoms with E-state index >= 15 is 0 Å². The van der Waals surface area contributed by atoms with Crippen LogP contribution >= 0.6 is 11.8 Å². The van der Waals surface area contributed by atoms with Gasteiger partial charge in [0.05, 0.1) is 25.2 Å². The first-order chi connectivity index (χ1) is 44.6. The van der Waals surface area contributed by atoms with Gasteiger partial charge in [-0.1, -0.05) is 83.5 Å². The number of rotatable bonds is 42. The first-order valence-electron chi connectivity index (χ1n) is 34.9. The molecule has 92 heavy (non-hydrogen) atoms. The summed E-state index contributed by atoms with van der Waals surface area (Å²) in [4.78, 5) is 144. The van der Waals surface area contributed by atoms with Crippen molar-refractivity contribution >= 4 is 82.9 Å². The largest absolute Gasteiger partial charge is 0.354 e. The molecule has 1 aromatic heterocycles. The van der Waals surface area contributed by atoms with Gasteiger partial charge in [-0.15, -0.1) is 0 Å². The SMILES string of the molecule is CN1CC(=O)N([C@@H](CCCCN)C(=O)NCCCCCCCCCCC(=O)N2CCN(c3nc(NCCCC[C@@H]4SC[C@@H]5NC(=O)N[C@@H]54)nc(N4CCN(C(=O)CCCCCCCCCCNC(=O)[C@H](CCCCN)N5CC(=O)N(C)CC5=O)CC4)n3)CC2)CC1=O. The molecule has 7 rings (SSSR count). The van der Waals surface area contributed by atoms with Gasteiger partial charge in [0, 0.05) is 110 Å². The van der Waals surface area contributed by atoms with Gasteiger partial charge in [-0.05, 0) is 90.1 Å². The van der Waals surface area contributed by atoms with E-state index in [1.54, 1.807) is 14.1 Å². The highest BCUT2D eigenvalue weighted by atomic mass is 32.2. The lowest BCUT2D eigenvalue weighted by atomic mass is 10.0. The number of hydrogen-bond donors (Lipinski definition) is 7. The molecule has 1 aromatic rings. The van der Waals surface area contributed by atoms with Gasteiger partial charge in [0.1, 0.15) is 25.2 Å². The van der Waals surface area contributed by atoms with Crippen LogP contribution in [0.1, 0.15) is 173 Å². The molecular weight excluding hydrogens is 1200 g/mol. The number of unbranched alkanes of at least 4 members (excludes halogenated alkanes) is 17. The molecule has 27 nitrogen and oxygen atoms in total. The summed E-state index contributed by atoms with van der Waals surface area (Å²) >= 11 is 1.92. The van der Waals surface area contributed by atoms with Gasteiger partial charge in [-0.2, -0.15) is 26.7 Å². The van der Waals surface area contributed by atoms with Gasteiger partial charge in [-0.3, -0.25) is 38.4 Å². The Hall–Kier alpha value is -6.29. The van der Waals surface area contributed by atoms with Crippen LogP contribution in [-0.4, -0.2) is 258 Å². The number of fused-ring (bicyclic) bond motifs is 1. The first kappa shape index (κ1) is 73.1. The maximum Gasteiger partial charge on any atom is 0.315 e. The summed E-state index contributed by atoms with van der Waals surface area (Å²) in [6, 6.07) is -1.02. The summed E-state index contributed by atoms with van der Waals surface area (Å²) in [5.74, 6) is 1.79. The zero-order valence-corrected chi connectivity index (χ0v) is 56.2. The second kappa shape index (κ2) is 39.4. The third-order valence-electron chi connectivity index (χ3n) is 18.9. The molecule has 0 unspecified atom stereocenters. The van der Waals surface area contributed by atoms with Crippen LogP contribution in [0, 0.1) is 0 Å². The molecule has 0 bridgehead atoms. The molecule has 0 spiro atoms. The number of urea groups is 1. The molecule has 0 aliphatic carbocycles. The summed E-state index contributed by atoms with van der Waals surface area (Å²) in [5.41, 5.74) is 11.4. The summed E-state index contributed by atoms with van der Waals surface area (Å²) in [6.45, 7) is 7.31. The van der Waals surface area contributed by atoms with Crippen LogP contribution in [0.4, 0.5) is 22.6 Å². The Morgan fingerprint density at radius 3 is 1.37 bits per heavy atom. The average molecular weight is 1310 g/mol. The molecule has 6 aliphatic rings. The molecule has 9 N–H and O–H groups in total. The van der Waals surface area contributed by atoms with E-state index < -0.39 is 12.1 Å². The quantitative estimate of drug-likeness (QED) is 0.0366. The van der Waals surface area contributed by atoms with Crippen molar-refractivity contribution < 1.29 is 43.2 Å². The van der Waals surface area contributed by atoms with Crippen molar-refractivity contribution in [3.05, 3.63) is 0 Å². The third kappa shape index (κ3) is 23.3. The molecule has 0 saturated carbocycles. The minimum Gasteiger partial charge on any atom is -0.354 e. The molecule has 5 atom stereocenters. The van der Waals surface area contributed by atoms with Crippen molar-refractivity contribution in [3.8, 4) is 0 Å². The van der Waals surface area contributed by atoms with Gasteiger partial charge >= 0.3 is 6.03 Å². The fourth-order valence-corrected chi connectivity index (χ4v) is 14.6. The molecule has 7 heterocycles.